The fourth-order valence-electron chi connectivity index (χ4n) is 1.65. The number of hydrogen-bond acceptors (Lipinski definition) is 4. The van der Waals surface area contributed by atoms with E-state index in [0.717, 1.165) is 11.6 Å². The standard InChI is InChI=1S/C14H14N4O3/c19-13(20)6-3-11-1-4-12(5-2-11)14(21)15-7-9-18-10-8-16-17-18/h1-6,8,10H,7,9H2,(H,15,21)(H,19,20)/b6-3+. The van der Waals surface area contributed by atoms with Crippen molar-refractivity contribution in [2.24, 2.45) is 0 Å². The minimum absolute atomic E-state index is 0.191. The van der Waals surface area contributed by atoms with Crippen molar-refractivity contribution in [2.45, 2.75) is 6.54 Å². The number of benzene rings is 1. The molecule has 1 heterocycles. The molecule has 0 unspecified atom stereocenters. The molecule has 1 aromatic heterocycles. The van der Waals surface area contributed by atoms with Gasteiger partial charge >= 0.3 is 5.97 Å². The minimum atomic E-state index is -1.01. The summed E-state index contributed by atoms with van der Waals surface area (Å²) in [5.41, 5.74) is 1.23. The molecular weight excluding hydrogens is 272 g/mol. The summed E-state index contributed by atoms with van der Waals surface area (Å²) in [6.07, 6.45) is 5.81. The number of carbonyl (C=O) groups excluding carboxylic acids is 1. The topological polar surface area (TPSA) is 97.1 Å². The monoisotopic (exact) mass is 286 g/mol. The molecule has 0 aliphatic rings. The molecule has 2 rings (SSSR count). The lowest BCUT2D eigenvalue weighted by atomic mass is 10.1. The molecule has 7 heteroatoms. The number of carboxylic acid groups (broad SMARTS) is 1. The second-order valence-corrected chi connectivity index (χ2v) is 4.22. The van der Waals surface area contributed by atoms with Crippen molar-refractivity contribution in [3.63, 3.8) is 0 Å². The Hall–Kier alpha value is -2.96. The Bertz CT molecular complexity index is 633. The minimum Gasteiger partial charge on any atom is -0.478 e. The van der Waals surface area contributed by atoms with Crippen LogP contribution in [0, 0.1) is 0 Å². The van der Waals surface area contributed by atoms with E-state index in [0.29, 0.717) is 18.7 Å². The van der Waals surface area contributed by atoms with Crippen molar-refractivity contribution in [2.75, 3.05) is 6.54 Å². The maximum atomic E-state index is 11.9. The van der Waals surface area contributed by atoms with Gasteiger partial charge in [0.25, 0.3) is 5.91 Å². The molecular formula is C14H14N4O3. The Balaban J connectivity index is 1.86. The Kier molecular flexibility index (Phi) is 4.81. The zero-order chi connectivity index (χ0) is 15.1. The van der Waals surface area contributed by atoms with E-state index in [4.69, 9.17) is 5.11 Å². The number of aromatic nitrogens is 3. The largest absolute Gasteiger partial charge is 0.478 e. The number of nitrogens with one attached hydrogen (secondary N) is 1. The maximum Gasteiger partial charge on any atom is 0.328 e. The lowest BCUT2D eigenvalue weighted by Crippen LogP contribution is -2.27. The first-order valence-electron chi connectivity index (χ1n) is 6.28. The van der Waals surface area contributed by atoms with E-state index in [-0.39, 0.29) is 5.91 Å². The molecule has 2 N–H and O–H groups in total. The van der Waals surface area contributed by atoms with Crippen molar-refractivity contribution in [3.8, 4) is 0 Å². The van der Waals surface area contributed by atoms with E-state index in [1.165, 1.54) is 6.08 Å². The van der Waals surface area contributed by atoms with Gasteiger partial charge in [-0.25, -0.2) is 4.79 Å². The first-order chi connectivity index (χ1) is 10.1. The number of carbonyl (C=O) groups is 2. The molecule has 0 spiro atoms. The first-order valence-corrected chi connectivity index (χ1v) is 6.28. The molecule has 0 fully saturated rings. The van der Waals surface area contributed by atoms with Crippen LogP contribution in [0.4, 0.5) is 0 Å². The zero-order valence-electron chi connectivity index (χ0n) is 11.1. The molecule has 0 saturated heterocycles. The Morgan fingerprint density at radius 2 is 2.05 bits per heavy atom. The predicted octanol–water partition coefficient (Wildman–Crippen LogP) is 0.806. The average molecular weight is 286 g/mol. The fourth-order valence-corrected chi connectivity index (χ4v) is 1.65. The number of nitrogens with zero attached hydrogens (tertiary/aromatic N) is 3. The van der Waals surface area contributed by atoms with E-state index in [1.54, 1.807) is 41.3 Å². The van der Waals surface area contributed by atoms with Gasteiger partial charge in [-0.05, 0) is 23.8 Å². The van der Waals surface area contributed by atoms with Crippen LogP contribution in [0.2, 0.25) is 0 Å². The molecule has 1 aromatic carbocycles. The molecule has 7 nitrogen and oxygen atoms in total. The van der Waals surface area contributed by atoms with E-state index in [2.05, 4.69) is 15.6 Å². The molecule has 0 aliphatic carbocycles. The summed E-state index contributed by atoms with van der Waals surface area (Å²) in [4.78, 5) is 22.3. The molecule has 1 amide bonds. The fraction of sp³-hybridized carbons (Fsp3) is 0.143. The van der Waals surface area contributed by atoms with Crippen LogP contribution in [0.25, 0.3) is 6.08 Å². The van der Waals surface area contributed by atoms with Gasteiger partial charge < -0.3 is 10.4 Å². The maximum absolute atomic E-state index is 11.9. The summed E-state index contributed by atoms with van der Waals surface area (Å²) in [6, 6.07) is 6.66. The van der Waals surface area contributed by atoms with Crippen LogP contribution >= 0.6 is 0 Å². The van der Waals surface area contributed by atoms with Gasteiger partial charge in [0.2, 0.25) is 0 Å². The predicted molar refractivity (Wildman–Crippen MR) is 75.5 cm³/mol. The molecule has 2 aromatic rings. The number of aliphatic carboxylic acids is 1. The second kappa shape index (κ2) is 6.99. The zero-order valence-corrected chi connectivity index (χ0v) is 11.1. The molecule has 0 atom stereocenters. The van der Waals surface area contributed by atoms with Crippen molar-refractivity contribution in [1.82, 2.24) is 20.3 Å². The Labute approximate surface area is 120 Å². The van der Waals surface area contributed by atoms with Crippen LogP contribution in [0.5, 0.6) is 0 Å². The van der Waals surface area contributed by atoms with Gasteiger partial charge in [0.1, 0.15) is 0 Å². The van der Waals surface area contributed by atoms with Crippen LogP contribution in [-0.4, -0.2) is 38.5 Å². The first kappa shape index (κ1) is 14.4. The van der Waals surface area contributed by atoms with Crippen LogP contribution in [0.1, 0.15) is 15.9 Å². The number of amides is 1. The number of rotatable bonds is 6. The summed E-state index contributed by atoms with van der Waals surface area (Å²) in [7, 11) is 0. The summed E-state index contributed by atoms with van der Waals surface area (Å²) >= 11 is 0. The average Bonchev–Trinajstić information content (AvgIpc) is 2.99. The third-order valence-corrected chi connectivity index (χ3v) is 2.69. The van der Waals surface area contributed by atoms with Gasteiger partial charge in [0, 0.05) is 24.4 Å². The van der Waals surface area contributed by atoms with Gasteiger partial charge in [-0.15, -0.1) is 5.10 Å². The highest BCUT2D eigenvalue weighted by Gasteiger charge is 2.04. The highest BCUT2D eigenvalue weighted by molar-refractivity contribution is 5.94. The van der Waals surface area contributed by atoms with Crippen LogP contribution < -0.4 is 5.32 Å². The van der Waals surface area contributed by atoms with Gasteiger partial charge in [0.15, 0.2) is 0 Å². The molecule has 21 heavy (non-hydrogen) atoms. The van der Waals surface area contributed by atoms with Gasteiger partial charge in [-0.1, -0.05) is 17.3 Å². The molecule has 0 aliphatic heterocycles. The normalized spacial score (nSPS) is 10.7. The SMILES string of the molecule is O=C(O)/C=C/c1ccc(C(=O)NCCn2ccnn2)cc1. The van der Waals surface area contributed by atoms with Gasteiger partial charge in [-0.3, -0.25) is 9.48 Å². The smallest absolute Gasteiger partial charge is 0.328 e. The van der Waals surface area contributed by atoms with E-state index >= 15 is 0 Å². The summed E-state index contributed by atoms with van der Waals surface area (Å²) in [5.74, 6) is -1.20. The highest BCUT2D eigenvalue weighted by Crippen LogP contribution is 2.06. The Morgan fingerprint density at radius 3 is 2.67 bits per heavy atom. The van der Waals surface area contributed by atoms with Crippen molar-refractivity contribution < 1.29 is 14.7 Å². The number of carboxylic acids is 1. The van der Waals surface area contributed by atoms with Crippen LogP contribution in [0.3, 0.4) is 0 Å². The quantitative estimate of drug-likeness (QED) is 0.766. The third-order valence-electron chi connectivity index (χ3n) is 2.69. The van der Waals surface area contributed by atoms with Crippen molar-refractivity contribution in [3.05, 3.63) is 53.9 Å². The van der Waals surface area contributed by atoms with Gasteiger partial charge in [0.05, 0.1) is 12.7 Å². The van der Waals surface area contributed by atoms with Crippen LogP contribution in [-0.2, 0) is 11.3 Å². The second-order valence-electron chi connectivity index (χ2n) is 4.22. The lowest BCUT2D eigenvalue weighted by molar-refractivity contribution is -0.131. The van der Waals surface area contributed by atoms with E-state index in [1.807, 2.05) is 0 Å². The van der Waals surface area contributed by atoms with Crippen molar-refractivity contribution >= 4 is 18.0 Å². The highest BCUT2D eigenvalue weighted by atomic mass is 16.4. The van der Waals surface area contributed by atoms with E-state index in [9.17, 15) is 9.59 Å². The lowest BCUT2D eigenvalue weighted by Gasteiger charge is -2.05. The van der Waals surface area contributed by atoms with Crippen molar-refractivity contribution in [1.29, 1.82) is 0 Å². The summed E-state index contributed by atoms with van der Waals surface area (Å²) < 4.78 is 1.63. The molecule has 0 bridgehead atoms. The number of hydrogen-bond donors (Lipinski definition) is 2. The summed E-state index contributed by atoms with van der Waals surface area (Å²) in [6.45, 7) is 0.994. The van der Waals surface area contributed by atoms with E-state index < -0.39 is 5.97 Å². The molecule has 0 saturated carbocycles. The Morgan fingerprint density at radius 1 is 1.29 bits per heavy atom. The molecule has 108 valence electrons. The van der Waals surface area contributed by atoms with Gasteiger partial charge in [-0.2, -0.15) is 0 Å². The summed E-state index contributed by atoms with van der Waals surface area (Å²) in [5, 5.41) is 18.8. The third kappa shape index (κ3) is 4.57. The molecule has 0 radical (unpaired) electrons. The van der Waals surface area contributed by atoms with Crippen LogP contribution in [0.15, 0.2) is 42.7 Å².